The Labute approximate surface area is 264 Å². The fraction of sp³-hybridized carbons (Fsp3) is 0.457. The average molecular weight is 635 g/mol. The van der Waals surface area contributed by atoms with Crippen LogP contribution in [0, 0.1) is 11.6 Å². The molecule has 4 aromatic rings. The maximum Gasteiger partial charge on any atom is 0.320 e. The van der Waals surface area contributed by atoms with Crippen molar-refractivity contribution < 1.29 is 32.9 Å². The van der Waals surface area contributed by atoms with Crippen LogP contribution >= 0.6 is 0 Å². The molecule has 3 aliphatic rings. The van der Waals surface area contributed by atoms with Crippen LogP contribution in [0.5, 0.6) is 17.6 Å². The lowest BCUT2D eigenvalue weighted by atomic mass is 9.91. The van der Waals surface area contributed by atoms with Gasteiger partial charge in [-0.2, -0.15) is 9.97 Å². The summed E-state index contributed by atoms with van der Waals surface area (Å²) in [5, 5.41) is 22.7. The summed E-state index contributed by atoms with van der Waals surface area (Å²) in [5.74, 6) is -1.46. The van der Waals surface area contributed by atoms with E-state index < -0.39 is 35.1 Å². The van der Waals surface area contributed by atoms with Crippen LogP contribution in [0.1, 0.15) is 64.1 Å². The highest BCUT2D eigenvalue weighted by atomic mass is 19.1. The van der Waals surface area contributed by atoms with Gasteiger partial charge >= 0.3 is 6.01 Å². The molecular weight excluding hydrogens is 597 g/mol. The number of alkyl halides is 1. The van der Waals surface area contributed by atoms with Crippen LogP contribution in [0.4, 0.5) is 13.2 Å². The number of fused-ring (bicyclic) bond motifs is 2. The summed E-state index contributed by atoms with van der Waals surface area (Å²) in [6, 6.07) is 5.54. The van der Waals surface area contributed by atoms with E-state index in [-0.39, 0.29) is 52.0 Å². The molecule has 11 heteroatoms. The molecule has 8 nitrogen and oxygen atoms in total. The minimum Gasteiger partial charge on any atom is -0.508 e. The molecule has 3 atom stereocenters. The van der Waals surface area contributed by atoms with Crippen LogP contribution < -0.4 is 9.47 Å². The van der Waals surface area contributed by atoms with Gasteiger partial charge in [-0.1, -0.05) is 19.6 Å². The number of ether oxygens (including phenoxy) is 2. The number of allylic oxidation sites excluding steroid dienone is 1. The fourth-order valence-electron chi connectivity index (χ4n) is 7.44. The molecule has 0 bridgehead atoms. The third-order valence-corrected chi connectivity index (χ3v) is 9.81. The highest BCUT2D eigenvalue weighted by Gasteiger charge is 2.49. The lowest BCUT2D eigenvalue weighted by molar-refractivity contribution is -0.0374. The van der Waals surface area contributed by atoms with Crippen molar-refractivity contribution in [1.29, 1.82) is 0 Å². The Bertz CT molecular complexity index is 1890. The van der Waals surface area contributed by atoms with E-state index in [2.05, 4.69) is 21.4 Å². The molecule has 7 rings (SSSR count). The van der Waals surface area contributed by atoms with E-state index in [1.54, 1.807) is 13.8 Å². The van der Waals surface area contributed by atoms with Gasteiger partial charge in [-0.05, 0) is 81.7 Å². The smallest absolute Gasteiger partial charge is 0.320 e. The number of halogens is 3. The van der Waals surface area contributed by atoms with Gasteiger partial charge in [0.15, 0.2) is 5.82 Å². The SMILES string of the molecule is C=C(CC)c1c(F)ccc2cc(O)cc(-c3nc4c5c(nc(OC[C@@]67CCCN6C[C@H](F)C7)nc5c3F)O[C@@H](C(C)(C)O)CC4)c12. The van der Waals surface area contributed by atoms with Gasteiger partial charge in [0.05, 0.1) is 22.2 Å². The molecule has 0 amide bonds. The maximum absolute atomic E-state index is 16.9. The van der Waals surface area contributed by atoms with Crippen LogP contribution in [-0.2, 0) is 6.42 Å². The summed E-state index contributed by atoms with van der Waals surface area (Å²) >= 11 is 0. The molecule has 0 aliphatic carbocycles. The number of nitrogens with zero attached hydrogens (tertiary/aromatic N) is 4. The molecular formula is C35H37F3N4O4. The largest absolute Gasteiger partial charge is 0.508 e. The average Bonchev–Trinajstić information content (AvgIpc) is 3.45. The number of rotatable bonds is 7. The molecule has 0 saturated carbocycles. The Morgan fingerprint density at radius 2 is 2.00 bits per heavy atom. The molecule has 5 heterocycles. The zero-order valence-corrected chi connectivity index (χ0v) is 26.2. The second-order valence-corrected chi connectivity index (χ2v) is 13.4. The number of aromatic hydroxyl groups is 1. The maximum atomic E-state index is 16.9. The van der Waals surface area contributed by atoms with Gasteiger partial charge in [-0.15, -0.1) is 0 Å². The van der Waals surface area contributed by atoms with E-state index in [1.165, 1.54) is 24.3 Å². The van der Waals surface area contributed by atoms with Crippen molar-refractivity contribution in [2.75, 3.05) is 19.7 Å². The summed E-state index contributed by atoms with van der Waals surface area (Å²) < 4.78 is 59.1. The van der Waals surface area contributed by atoms with Crippen molar-refractivity contribution >= 4 is 27.2 Å². The molecule has 2 N–H and O–H groups in total. The predicted octanol–water partition coefficient (Wildman–Crippen LogP) is 6.67. The number of benzene rings is 2. The fourth-order valence-corrected chi connectivity index (χ4v) is 7.44. The van der Waals surface area contributed by atoms with E-state index in [9.17, 15) is 14.6 Å². The number of aryl methyl sites for hydroxylation is 1. The molecule has 242 valence electrons. The minimum atomic E-state index is -1.26. The summed E-state index contributed by atoms with van der Waals surface area (Å²) in [4.78, 5) is 15.9. The normalized spacial score (nSPS) is 23.0. The van der Waals surface area contributed by atoms with Crippen molar-refractivity contribution in [3.8, 4) is 28.9 Å². The number of aliphatic hydroxyl groups is 1. The Morgan fingerprint density at radius 1 is 1.20 bits per heavy atom. The first-order chi connectivity index (χ1) is 21.9. The number of hydrogen-bond acceptors (Lipinski definition) is 8. The molecule has 2 fully saturated rings. The number of aromatic nitrogens is 3. The van der Waals surface area contributed by atoms with Crippen LogP contribution in [0.3, 0.4) is 0 Å². The van der Waals surface area contributed by atoms with Crippen molar-refractivity contribution in [3.63, 3.8) is 0 Å². The molecule has 2 aromatic heterocycles. The minimum absolute atomic E-state index is 0.0278. The number of phenolic OH excluding ortho intramolecular Hbond substituents is 1. The van der Waals surface area contributed by atoms with Crippen LogP contribution in [0.15, 0.2) is 30.8 Å². The van der Waals surface area contributed by atoms with Crippen LogP contribution in [0.25, 0.3) is 38.5 Å². The standard InChI is InChI=1S/C35H37F3N4O4/c1-5-18(2)26-23(37)8-7-19-13-21(43)14-22(27(19)26)30-29(38)31-28-24(39-30)9-10-25(34(3,4)44)46-32(28)41-33(40-31)45-17-35-11-6-12-42(35)16-20(36)15-35/h7-8,13-14,20,25,43-44H,2,5-6,9-12,15-17H2,1,3-4H3/t20-,25-,35+/m1/s1. The molecule has 46 heavy (non-hydrogen) atoms. The van der Waals surface area contributed by atoms with Crippen molar-refractivity contribution in [1.82, 2.24) is 19.9 Å². The molecule has 0 radical (unpaired) electrons. The van der Waals surface area contributed by atoms with E-state index >= 15 is 8.78 Å². The molecule has 0 spiro atoms. The van der Waals surface area contributed by atoms with Gasteiger partial charge < -0.3 is 19.7 Å². The topological polar surface area (TPSA) is 101 Å². The highest BCUT2D eigenvalue weighted by Crippen LogP contribution is 2.44. The zero-order valence-electron chi connectivity index (χ0n) is 26.2. The molecule has 2 saturated heterocycles. The lowest BCUT2D eigenvalue weighted by Gasteiger charge is -2.31. The third-order valence-electron chi connectivity index (χ3n) is 9.81. The first-order valence-corrected chi connectivity index (χ1v) is 15.8. The second kappa shape index (κ2) is 11.1. The Morgan fingerprint density at radius 3 is 2.76 bits per heavy atom. The van der Waals surface area contributed by atoms with E-state index in [1.807, 2.05) is 6.92 Å². The van der Waals surface area contributed by atoms with E-state index in [4.69, 9.17) is 14.5 Å². The van der Waals surface area contributed by atoms with Gasteiger partial charge in [0.25, 0.3) is 0 Å². The number of hydrogen-bond donors (Lipinski definition) is 2. The highest BCUT2D eigenvalue weighted by molar-refractivity contribution is 6.05. The first kappa shape index (κ1) is 30.7. The summed E-state index contributed by atoms with van der Waals surface area (Å²) in [7, 11) is 0. The van der Waals surface area contributed by atoms with Crippen LogP contribution in [-0.4, -0.2) is 73.2 Å². The van der Waals surface area contributed by atoms with Crippen LogP contribution in [0.2, 0.25) is 0 Å². The molecule has 3 aliphatic heterocycles. The number of phenols is 1. The van der Waals surface area contributed by atoms with Gasteiger partial charge in [0, 0.05) is 29.5 Å². The van der Waals surface area contributed by atoms with E-state index in [0.717, 1.165) is 19.4 Å². The predicted molar refractivity (Wildman–Crippen MR) is 169 cm³/mol. The van der Waals surface area contributed by atoms with Gasteiger partial charge in [0.1, 0.15) is 41.7 Å². The van der Waals surface area contributed by atoms with Gasteiger partial charge in [-0.3, -0.25) is 4.90 Å². The lowest BCUT2D eigenvalue weighted by Crippen LogP contribution is -2.43. The molecule has 0 unspecified atom stereocenters. The Hall–Kier alpha value is -3.96. The second-order valence-electron chi connectivity index (χ2n) is 13.4. The summed E-state index contributed by atoms with van der Waals surface area (Å²) in [6.45, 7) is 10.4. The quantitative estimate of drug-likeness (QED) is 0.233. The van der Waals surface area contributed by atoms with E-state index in [0.29, 0.717) is 54.3 Å². The van der Waals surface area contributed by atoms with Crippen molar-refractivity contribution in [2.24, 2.45) is 0 Å². The van der Waals surface area contributed by atoms with Gasteiger partial charge in [0.2, 0.25) is 5.88 Å². The third kappa shape index (κ3) is 5.04. The summed E-state index contributed by atoms with van der Waals surface area (Å²) in [6.07, 6.45) is 1.45. The zero-order chi connectivity index (χ0) is 32.5. The summed E-state index contributed by atoms with van der Waals surface area (Å²) in [5.41, 5.74) is -0.648. The monoisotopic (exact) mass is 634 g/mol. The Kier molecular flexibility index (Phi) is 7.39. The van der Waals surface area contributed by atoms with Crippen molar-refractivity contribution in [3.05, 3.63) is 53.7 Å². The van der Waals surface area contributed by atoms with Crippen molar-refractivity contribution in [2.45, 2.75) is 82.7 Å². The molecule has 2 aromatic carbocycles. The number of pyridine rings is 1. The van der Waals surface area contributed by atoms with Gasteiger partial charge in [-0.25, -0.2) is 18.2 Å². The Balaban J connectivity index is 1.43. The first-order valence-electron chi connectivity index (χ1n) is 15.8.